The lowest BCUT2D eigenvalue weighted by Crippen LogP contribution is -2.77. The van der Waals surface area contributed by atoms with Crippen LogP contribution in [-0.2, 0) is 23.8 Å². The van der Waals surface area contributed by atoms with Gasteiger partial charge in [0.25, 0.3) is 0 Å². The highest BCUT2D eigenvalue weighted by Gasteiger charge is 2.75. The highest BCUT2D eigenvalue weighted by molar-refractivity contribution is 5.89. The second kappa shape index (κ2) is 9.73. The average Bonchev–Trinajstić information content (AvgIpc) is 3.43. The van der Waals surface area contributed by atoms with Crippen LogP contribution in [0.15, 0.2) is 36.4 Å². The van der Waals surface area contributed by atoms with Crippen LogP contribution in [0.5, 0.6) is 0 Å². The quantitative estimate of drug-likeness (QED) is 0.261. The SMILES string of the molecule is C[C@@H]1[C@@H](OC(=O)C=Cc2ccccc2)[C@H](O)[C@]2(C)[C@H](C(=O)[C@@H](O)C[C@]2(O)CO)[C@@]1(C)[C@@H]1C[C@@]2(O)CCO[C@H]2O1. The molecule has 4 aliphatic rings. The molecule has 0 bridgehead atoms. The molecule has 2 aliphatic carbocycles. The number of benzene rings is 1. The van der Waals surface area contributed by atoms with Gasteiger partial charge in [0.15, 0.2) is 12.1 Å². The minimum absolute atomic E-state index is 0.108. The van der Waals surface area contributed by atoms with Gasteiger partial charge in [-0.25, -0.2) is 4.79 Å². The van der Waals surface area contributed by atoms with Gasteiger partial charge in [0, 0.05) is 48.0 Å². The summed E-state index contributed by atoms with van der Waals surface area (Å²) in [5.74, 6) is -3.28. The highest BCUT2D eigenvalue weighted by Crippen LogP contribution is 2.65. The first-order valence-corrected chi connectivity index (χ1v) is 13.5. The van der Waals surface area contributed by atoms with Crippen LogP contribution in [0.2, 0.25) is 0 Å². The summed E-state index contributed by atoms with van der Waals surface area (Å²) >= 11 is 0. The van der Waals surface area contributed by atoms with E-state index in [1.54, 1.807) is 19.9 Å². The summed E-state index contributed by atoms with van der Waals surface area (Å²) in [6.07, 6.45) is -3.35. The molecule has 5 rings (SSSR count). The predicted molar refractivity (Wildman–Crippen MR) is 137 cm³/mol. The number of carbonyl (C=O) groups excluding carboxylic acids is 2. The minimum Gasteiger partial charge on any atom is -0.456 e. The summed E-state index contributed by atoms with van der Waals surface area (Å²) in [7, 11) is 0. The Morgan fingerprint density at radius 3 is 2.49 bits per heavy atom. The second-order valence-electron chi connectivity index (χ2n) is 12.2. The fourth-order valence-corrected chi connectivity index (χ4v) is 7.67. The monoisotopic (exact) mass is 546 g/mol. The molecule has 2 saturated heterocycles. The van der Waals surface area contributed by atoms with Crippen molar-refractivity contribution < 1.29 is 49.3 Å². The molecule has 2 aliphatic heterocycles. The third-order valence-corrected chi connectivity index (χ3v) is 10.3. The Balaban J connectivity index is 1.56. The molecular weight excluding hydrogens is 508 g/mol. The molecule has 0 unspecified atom stereocenters. The second-order valence-corrected chi connectivity index (χ2v) is 12.2. The fraction of sp³-hybridized carbons (Fsp3) is 0.655. The number of Topliss-reactive ketones (excluding diaryl/α,β-unsaturated/α-hetero) is 1. The van der Waals surface area contributed by atoms with Crippen molar-refractivity contribution in [2.45, 2.75) is 81.9 Å². The van der Waals surface area contributed by atoms with Crippen molar-refractivity contribution in [1.82, 2.24) is 0 Å². The van der Waals surface area contributed by atoms with Crippen LogP contribution >= 0.6 is 0 Å². The number of carbonyl (C=O) groups is 2. The van der Waals surface area contributed by atoms with Gasteiger partial charge in [0.05, 0.1) is 24.9 Å². The zero-order chi connectivity index (χ0) is 28.4. The minimum atomic E-state index is -2.09. The van der Waals surface area contributed by atoms with E-state index in [1.807, 2.05) is 30.3 Å². The van der Waals surface area contributed by atoms with E-state index in [-0.39, 0.29) is 6.42 Å². The molecule has 2 saturated carbocycles. The van der Waals surface area contributed by atoms with Crippen molar-refractivity contribution in [1.29, 1.82) is 0 Å². The smallest absolute Gasteiger partial charge is 0.331 e. The van der Waals surface area contributed by atoms with Gasteiger partial charge in [0.2, 0.25) is 0 Å². The molecule has 39 heavy (non-hydrogen) atoms. The van der Waals surface area contributed by atoms with Gasteiger partial charge in [-0.15, -0.1) is 0 Å². The van der Waals surface area contributed by atoms with Crippen LogP contribution in [0.1, 0.15) is 45.6 Å². The van der Waals surface area contributed by atoms with Gasteiger partial charge < -0.3 is 39.7 Å². The zero-order valence-corrected chi connectivity index (χ0v) is 22.4. The Morgan fingerprint density at radius 2 is 1.85 bits per heavy atom. The molecule has 10 nitrogen and oxygen atoms in total. The Morgan fingerprint density at radius 1 is 1.15 bits per heavy atom. The molecule has 5 N–H and O–H groups in total. The molecular formula is C29H38O10. The number of aliphatic hydroxyl groups is 5. The molecule has 0 amide bonds. The van der Waals surface area contributed by atoms with Crippen molar-refractivity contribution >= 4 is 17.8 Å². The standard InChI is InChI=1S/C29H38O10/c1-16-22(39-20(32)10-9-17-7-5-4-6-8-17)24(34)27(3)23(21(33)18(31)13-29(27,36)15-30)26(16,2)19-14-28(35)11-12-37-25(28)38-19/h4-10,16,18-19,22-25,30-31,34-36H,11-15H2,1-3H3/t16-,18+,19+,22-,23-,24+,25+,26-,27+,28+,29+/m1/s1. The van der Waals surface area contributed by atoms with Crippen molar-refractivity contribution in [2.75, 3.05) is 13.2 Å². The van der Waals surface area contributed by atoms with Crippen LogP contribution in [-0.4, -0.2) is 92.4 Å². The van der Waals surface area contributed by atoms with Gasteiger partial charge in [0.1, 0.15) is 23.9 Å². The Hall–Kier alpha value is -2.18. The topological polar surface area (TPSA) is 163 Å². The fourth-order valence-electron chi connectivity index (χ4n) is 7.67. The van der Waals surface area contributed by atoms with Gasteiger partial charge in [-0.1, -0.05) is 51.1 Å². The normalized spacial score (nSPS) is 47.7. The lowest BCUT2D eigenvalue weighted by Gasteiger charge is -2.66. The molecule has 0 radical (unpaired) electrons. The van der Waals surface area contributed by atoms with Gasteiger partial charge in [-0.2, -0.15) is 0 Å². The first-order chi connectivity index (χ1) is 18.3. The average molecular weight is 547 g/mol. The number of esters is 1. The first kappa shape index (κ1) is 28.4. The van der Waals surface area contributed by atoms with E-state index in [1.165, 1.54) is 13.0 Å². The van der Waals surface area contributed by atoms with Crippen LogP contribution < -0.4 is 0 Å². The number of hydrogen-bond acceptors (Lipinski definition) is 10. The van der Waals surface area contributed by atoms with Crippen molar-refractivity contribution in [2.24, 2.45) is 22.7 Å². The number of fused-ring (bicyclic) bond motifs is 2. The molecule has 11 atom stereocenters. The molecule has 2 heterocycles. The van der Waals surface area contributed by atoms with Crippen LogP contribution in [0.4, 0.5) is 0 Å². The van der Waals surface area contributed by atoms with Crippen molar-refractivity contribution in [3.63, 3.8) is 0 Å². The van der Waals surface area contributed by atoms with Gasteiger partial charge in [-0.05, 0) is 11.6 Å². The van der Waals surface area contributed by atoms with E-state index < -0.39 is 89.4 Å². The number of ketones is 1. The molecule has 4 fully saturated rings. The summed E-state index contributed by atoms with van der Waals surface area (Å²) in [6.45, 7) is 4.40. The third-order valence-electron chi connectivity index (χ3n) is 10.3. The molecule has 1 aromatic rings. The Bertz CT molecular complexity index is 1140. The third kappa shape index (κ3) is 4.11. The van der Waals surface area contributed by atoms with E-state index in [2.05, 4.69) is 0 Å². The van der Waals surface area contributed by atoms with E-state index in [9.17, 15) is 35.1 Å². The van der Waals surface area contributed by atoms with Crippen LogP contribution in [0, 0.1) is 22.7 Å². The first-order valence-electron chi connectivity index (χ1n) is 13.5. The summed E-state index contributed by atoms with van der Waals surface area (Å²) < 4.78 is 17.6. The maximum absolute atomic E-state index is 13.7. The summed E-state index contributed by atoms with van der Waals surface area (Å²) in [6, 6.07) is 9.11. The molecule has 10 heteroatoms. The van der Waals surface area contributed by atoms with Gasteiger partial charge >= 0.3 is 5.97 Å². The van der Waals surface area contributed by atoms with E-state index in [0.29, 0.717) is 13.0 Å². The molecule has 1 aromatic carbocycles. The van der Waals surface area contributed by atoms with Crippen molar-refractivity contribution in [3.05, 3.63) is 42.0 Å². The Labute approximate surface area is 227 Å². The number of aliphatic hydroxyl groups excluding tert-OH is 3. The summed E-state index contributed by atoms with van der Waals surface area (Å²) in [4.78, 5) is 26.7. The lowest BCUT2D eigenvalue weighted by atomic mass is 9.40. The Kier molecular flexibility index (Phi) is 7.07. The molecule has 214 valence electrons. The summed E-state index contributed by atoms with van der Waals surface area (Å²) in [5.41, 5.74) is -5.60. The number of hydrogen-bond donors (Lipinski definition) is 5. The maximum atomic E-state index is 13.7. The van der Waals surface area contributed by atoms with Crippen LogP contribution in [0.3, 0.4) is 0 Å². The van der Waals surface area contributed by atoms with E-state index in [0.717, 1.165) is 5.56 Å². The molecule has 0 aromatic heterocycles. The molecule has 0 spiro atoms. The maximum Gasteiger partial charge on any atom is 0.331 e. The predicted octanol–water partition coefficient (Wildman–Crippen LogP) is 0.575. The lowest BCUT2D eigenvalue weighted by molar-refractivity contribution is -0.301. The van der Waals surface area contributed by atoms with Crippen molar-refractivity contribution in [3.8, 4) is 0 Å². The van der Waals surface area contributed by atoms with E-state index in [4.69, 9.17) is 14.2 Å². The van der Waals surface area contributed by atoms with E-state index >= 15 is 0 Å². The zero-order valence-electron chi connectivity index (χ0n) is 22.4. The summed E-state index contributed by atoms with van der Waals surface area (Å²) in [5, 5.41) is 55.7. The largest absolute Gasteiger partial charge is 0.456 e. The van der Waals surface area contributed by atoms with Gasteiger partial charge in [-0.3, -0.25) is 4.79 Å². The number of rotatable bonds is 5. The number of ether oxygens (including phenoxy) is 3. The highest BCUT2D eigenvalue weighted by atomic mass is 16.7. The van der Waals surface area contributed by atoms with Crippen LogP contribution in [0.25, 0.3) is 6.08 Å².